The molecule has 4 aliphatic rings. The molecule has 0 saturated carbocycles. The number of nitrogens with zero attached hydrogens (tertiary/aromatic N) is 5. The van der Waals surface area contributed by atoms with Crippen LogP contribution in [0.4, 0.5) is 36.7 Å². The van der Waals surface area contributed by atoms with E-state index in [1.807, 2.05) is 36.1 Å². The van der Waals surface area contributed by atoms with Gasteiger partial charge < -0.3 is 50.7 Å². The molecule has 0 aliphatic carbocycles. The molecular formula is C38H54FN9O8. The molecule has 18 heteroatoms. The second-order valence-electron chi connectivity index (χ2n) is 13.6. The molecule has 0 aromatic heterocycles. The number of cyclic esters (lactones) is 2. The number of ketones is 1. The Morgan fingerprint density at radius 2 is 1.23 bits per heavy atom. The Kier molecular flexibility index (Phi) is 16.2. The third-order valence-corrected chi connectivity index (χ3v) is 9.44. The van der Waals surface area contributed by atoms with Crippen molar-refractivity contribution in [1.29, 1.82) is 0 Å². The van der Waals surface area contributed by atoms with E-state index in [0.717, 1.165) is 37.6 Å². The van der Waals surface area contributed by atoms with E-state index in [9.17, 15) is 33.2 Å². The number of hydrogen-bond donors (Lipinski definition) is 4. The van der Waals surface area contributed by atoms with Crippen molar-refractivity contribution in [1.82, 2.24) is 20.9 Å². The largest absolute Gasteiger partial charge is 0.442 e. The molecule has 56 heavy (non-hydrogen) atoms. The highest BCUT2D eigenvalue weighted by Gasteiger charge is 2.34. The van der Waals surface area contributed by atoms with Crippen molar-refractivity contribution in [2.75, 3.05) is 105 Å². The standard InChI is InChI=1S/C18H24FN5O4.C16H22N4O3.C4H8O/c1-12(25)21-10-14-11-24(18(27)28-14)13-2-3-16(15(19)8-13)22-4-6-23(7-5-22)17(26)9-20;1-12(21)18-10-15-11-20(16(22)23-15)14-4-2-13(3-5-14)19-8-6-17-7-9-19;1-3-4(2)5/h2-3,8,14H,4-7,9-11,20H2,1H3,(H,21,25);2-5,15,17H,6-11H2,1H3,(H,18,21);3H2,1-2H3/t14-;15-;/m00./s1. The summed E-state index contributed by atoms with van der Waals surface area (Å²) in [5.41, 5.74) is 8.18. The summed E-state index contributed by atoms with van der Waals surface area (Å²) in [6.45, 7) is 13.4. The maximum Gasteiger partial charge on any atom is 0.414 e. The number of carbonyl (C=O) groups excluding carboxylic acids is 6. The molecule has 2 atom stereocenters. The minimum atomic E-state index is -0.573. The van der Waals surface area contributed by atoms with Gasteiger partial charge in [0, 0.05) is 84.0 Å². The highest BCUT2D eigenvalue weighted by atomic mass is 19.1. The summed E-state index contributed by atoms with van der Waals surface area (Å²) in [5, 5.41) is 8.61. The second kappa shape index (κ2) is 21.0. The Balaban J connectivity index is 0.000000225. The zero-order chi connectivity index (χ0) is 40.8. The van der Waals surface area contributed by atoms with Crippen molar-refractivity contribution in [3.8, 4) is 0 Å². The summed E-state index contributed by atoms with van der Waals surface area (Å²) in [7, 11) is 0. The van der Waals surface area contributed by atoms with Crippen LogP contribution in [-0.4, -0.2) is 138 Å². The van der Waals surface area contributed by atoms with Gasteiger partial charge in [0.25, 0.3) is 0 Å². The van der Waals surface area contributed by atoms with Crippen LogP contribution in [0.3, 0.4) is 0 Å². The van der Waals surface area contributed by atoms with E-state index in [1.165, 1.54) is 24.8 Å². The number of anilines is 4. The van der Waals surface area contributed by atoms with E-state index in [2.05, 4.69) is 20.9 Å². The van der Waals surface area contributed by atoms with Crippen LogP contribution >= 0.6 is 0 Å². The highest BCUT2D eigenvalue weighted by Crippen LogP contribution is 2.29. The number of hydrogen-bond acceptors (Lipinski definition) is 12. The van der Waals surface area contributed by atoms with Gasteiger partial charge in [0.05, 0.1) is 44.1 Å². The van der Waals surface area contributed by atoms with Gasteiger partial charge in [-0.25, -0.2) is 14.0 Å². The molecule has 4 heterocycles. The van der Waals surface area contributed by atoms with Crippen LogP contribution in [0.25, 0.3) is 0 Å². The number of halogens is 1. The van der Waals surface area contributed by atoms with Crippen LogP contribution in [-0.2, 0) is 28.7 Å². The molecule has 4 aliphatic heterocycles. The van der Waals surface area contributed by atoms with Crippen LogP contribution in [0.15, 0.2) is 42.5 Å². The van der Waals surface area contributed by atoms with E-state index in [0.29, 0.717) is 57.1 Å². The fourth-order valence-electron chi connectivity index (χ4n) is 6.20. The maximum absolute atomic E-state index is 14.7. The zero-order valence-corrected chi connectivity index (χ0v) is 32.6. The number of Topliss-reactive ketones (excluding diaryl/α,β-unsaturated/α-hetero) is 1. The van der Waals surface area contributed by atoms with E-state index < -0.39 is 18.0 Å². The Bertz CT molecular complexity index is 1680. The van der Waals surface area contributed by atoms with Crippen LogP contribution in [0.2, 0.25) is 0 Å². The van der Waals surface area contributed by atoms with Crippen LogP contribution in [0, 0.1) is 5.82 Å². The molecule has 4 fully saturated rings. The average Bonchev–Trinajstić information content (AvgIpc) is 3.77. The summed E-state index contributed by atoms with van der Waals surface area (Å²) in [6.07, 6.45) is -1.06. The van der Waals surface area contributed by atoms with E-state index >= 15 is 0 Å². The average molecular weight is 784 g/mol. The number of rotatable bonds is 10. The normalized spacial score (nSPS) is 19.2. The molecule has 17 nitrogen and oxygen atoms in total. The Hall–Kier alpha value is -5.49. The lowest BCUT2D eigenvalue weighted by Crippen LogP contribution is -2.50. The fourth-order valence-corrected chi connectivity index (χ4v) is 6.20. The van der Waals surface area contributed by atoms with E-state index in [-0.39, 0.29) is 55.3 Å². The van der Waals surface area contributed by atoms with Crippen molar-refractivity contribution in [3.05, 3.63) is 48.3 Å². The third-order valence-electron chi connectivity index (χ3n) is 9.44. The number of ether oxygens (including phenoxy) is 2. The molecule has 2 aromatic carbocycles. The summed E-state index contributed by atoms with van der Waals surface area (Å²) >= 11 is 0. The molecule has 6 rings (SSSR count). The first-order valence-electron chi connectivity index (χ1n) is 18.8. The molecule has 4 saturated heterocycles. The van der Waals surface area contributed by atoms with Gasteiger partial charge in [-0.15, -0.1) is 0 Å². The van der Waals surface area contributed by atoms with Gasteiger partial charge in [0.1, 0.15) is 23.8 Å². The maximum atomic E-state index is 14.7. The first-order valence-corrected chi connectivity index (χ1v) is 18.8. The topological polar surface area (TPSA) is 199 Å². The molecule has 0 spiro atoms. The summed E-state index contributed by atoms with van der Waals surface area (Å²) in [5.74, 6) is -0.644. The minimum absolute atomic E-state index is 0.0298. The Morgan fingerprint density at radius 3 is 1.70 bits per heavy atom. The minimum Gasteiger partial charge on any atom is -0.442 e. The summed E-state index contributed by atoms with van der Waals surface area (Å²) in [6, 6.07) is 12.6. The smallest absolute Gasteiger partial charge is 0.414 e. The number of carbonyl (C=O) groups is 6. The van der Waals surface area contributed by atoms with Gasteiger partial charge in [-0.2, -0.15) is 0 Å². The molecule has 5 amide bonds. The lowest BCUT2D eigenvalue weighted by molar-refractivity contribution is -0.130. The van der Waals surface area contributed by atoms with Crippen LogP contribution in [0.1, 0.15) is 34.1 Å². The van der Waals surface area contributed by atoms with Crippen molar-refractivity contribution >= 4 is 58.4 Å². The SMILES string of the molecule is CC(=O)NC[C@H]1CN(c2ccc(N3CCN(C(=O)CN)CC3)c(F)c2)C(=O)O1.CC(=O)NC[C@H]1CN(c2ccc(N3CCNCC3)cc2)C(=O)O1.CCC(C)=O. The number of piperazine rings is 2. The third kappa shape index (κ3) is 12.5. The molecule has 0 bridgehead atoms. The summed E-state index contributed by atoms with van der Waals surface area (Å²) < 4.78 is 25.2. The van der Waals surface area contributed by atoms with Gasteiger partial charge in [-0.1, -0.05) is 6.92 Å². The van der Waals surface area contributed by atoms with Crippen LogP contribution in [0.5, 0.6) is 0 Å². The summed E-state index contributed by atoms with van der Waals surface area (Å²) in [4.78, 5) is 76.3. The van der Waals surface area contributed by atoms with Gasteiger partial charge in [-0.3, -0.25) is 24.2 Å². The van der Waals surface area contributed by atoms with Gasteiger partial charge in [-0.05, 0) is 49.4 Å². The quantitative estimate of drug-likeness (QED) is 0.271. The molecule has 2 aromatic rings. The van der Waals surface area contributed by atoms with E-state index in [1.54, 1.807) is 28.9 Å². The number of nitrogens with one attached hydrogen (secondary N) is 3. The zero-order valence-electron chi connectivity index (χ0n) is 32.6. The fraction of sp³-hybridized carbons (Fsp3) is 0.526. The second-order valence-corrected chi connectivity index (χ2v) is 13.6. The number of amides is 5. The van der Waals surface area contributed by atoms with Crippen molar-refractivity contribution < 1.29 is 42.6 Å². The Labute approximate surface area is 326 Å². The predicted octanol–water partition coefficient (Wildman–Crippen LogP) is 1.44. The van der Waals surface area contributed by atoms with Gasteiger partial charge >= 0.3 is 12.2 Å². The molecule has 5 N–H and O–H groups in total. The lowest BCUT2D eigenvalue weighted by atomic mass is 10.2. The van der Waals surface area contributed by atoms with Gasteiger partial charge in [0.2, 0.25) is 17.7 Å². The molecular weight excluding hydrogens is 729 g/mol. The number of nitrogens with two attached hydrogens (primary N) is 1. The van der Waals surface area contributed by atoms with Gasteiger partial charge in [0.15, 0.2) is 0 Å². The predicted molar refractivity (Wildman–Crippen MR) is 209 cm³/mol. The van der Waals surface area contributed by atoms with Crippen LogP contribution < -0.4 is 41.3 Å². The number of benzene rings is 2. The first kappa shape index (κ1) is 43.2. The monoisotopic (exact) mass is 783 g/mol. The lowest BCUT2D eigenvalue weighted by Gasteiger charge is -2.36. The highest BCUT2D eigenvalue weighted by molar-refractivity contribution is 5.91. The Morgan fingerprint density at radius 1 is 0.750 bits per heavy atom. The van der Waals surface area contributed by atoms with Crippen molar-refractivity contribution in [3.63, 3.8) is 0 Å². The molecule has 0 unspecified atom stereocenters. The molecule has 0 radical (unpaired) electrons. The first-order chi connectivity index (χ1) is 26.8. The molecule has 306 valence electrons. The van der Waals surface area contributed by atoms with E-state index in [4.69, 9.17) is 15.2 Å². The van der Waals surface area contributed by atoms with Crippen molar-refractivity contribution in [2.24, 2.45) is 5.73 Å². The van der Waals surface area contributed by atoms with Crippen molar-refractivity contribution in [2.45, 2.75) is 46.3 Å².